The van der Waals surface area contributed by atoms with E-state index in [4.69, 9.17) is 16.3 Å². The fraction of sp³-hybridized carbons (Fsp3) is 0.0588. The fourth-order valence-corrected chi connectivity index (χ4v) is 3.48. The number of fused-ring (bicyclic) bond motifs is 1. The molecule has 1 heterocycles. The summed E-state index contributed by atoms with van der Waals surface area (Å²) in [4.78, 5) is 24.4. The van der Waals surface area contributed by atoms with Crippen molar-refractivity contribution in [1.82, 2.24) is 0 Å². The summed E-state index contributed by atoms with van der Waals surface area (Å²) in [7, 11) is 0. The monoisotopic (exact) mass is 330 g/mol. The zero-order chi connectivity index (χ0) is 15.5. The van der Waals surface area contributed by atoms with Crippen molar-refractivity contribution in [2.45, 2.75) is 6.61 Å². The highest BCUT2D eigenvalue weighted by molar-refractivity contribution is 7.18. The van der Waals surface area contributed by atoms with Gasteiger partial charge in [-0.3, -0.25) is 4.79 Å². The molecule has 22 heavy (non-hydrogen) atoms. The first-order chi connectivity index (χ1) is 10.7. The van der Waals surface area contributed by atoms with Gasteiger partial charge in [-0.2, -0.15) is 0 Å². The molecule has 0 aliphatic heterocycles. The molecule has 3 nitrogen and oxygen atoms in total. The first-order valence-electron chi connectivity index (χ1n) is 6.59. The summed E-state index contributed by atoms with van der Waals surface area (Å²) in [6, 6.07) is 16.7. The summed E-state index contributed by atoms with van der Waals surface area (Å²) in [5.41, 5.74) is 0.408. The van der Waals surface area contributed by atoms with Gasteiger partial charge < -0.3 is 4.74 Å². The molecular weight excluding hydrogens is 320 g/mol. The van der Waals surface area contributed by atoms with Crippen LogP contribution in [0.25, 0.3) is 21.2 Å². The third-order valence-electron chi connectivity index (χ3n) is 3.25. The molecule has 0 atom stereocenters. The van der Waals surface area contributed by atoms with Crippen LogP contribution < -0.4 is 5.43 Å². The van der Waals surface area contributed by atoms with Crippen LogP contribution in [0.5, 0.6) is 0 Å². The highest BCUT2D eigenvalue weighted by Crippen LogP contribution is 2.29. The molecular formula is C17H11ClO3S. The quantitative estimate of drug-likeness (QED) is 0.648. The third kappa shape index (κ3) is 2.89. The van der Waals surface area contributed by atoms with Gasteiger partial charge in [0, 0.05) is 27.3 Å². The first-order valence-corrected chi connectivity index (χ1v) is 7.78. The van der Waals surface area contributed by atoms with E-state index in [1.807, 2.05) is 48.5 Å². The van der Waals surface area contributed by atoms with E-state index in [1.54, 1.807) is 6.07 Å². The van der Waals surface area contributed by atoms with Gasteiger partial charge in [-0.25, -0.2) is 4.79 Å². The van der Waals surface area contributed by atoms with Gasteiger partial charge in [0.25, 0.3) is 0 Å². The smallest absolute Gasteiger partial charge is 0.404 e. The van der Waals surface area contributed by atoms with E-state index in [2.05, 4.69) is 0 Å². The van der Waals surface area contributed by atoms with E-state index >= 15 is 0 Å². The Kier molecular flexibility index (Phi) is 4.22. The standard InChI is InChI=1S/C17H11ClO3S/c18-17(20)21-10-14-15(11-6-2-1-3-7-11)16(19)12-8-4-5-9-13(12)22-14/h1-9H,10H2. The highest BCUT2D eigenvalue weighted by atomic mass is 35.5. The summed E-state index contributed by atoms with van der Waals surface area (Å²) < 4.78 is 5.75. The highest BCUT2D eigenvalue weighted by Gasteiger charge is 2.15. The van der Waals surface area contributed by atoms with Gasteiger partial charge in [-0.05, 0) is 17.7 Å². The minimum Gasteiger partial charge on any atom is -0.448 e. The van der Waals surface area contributed by atoms with Crippen LogP contribution in [-0.4, -0.2) is 5.43 Å². The normalized spacial score (nSPS) is 10.6. The molecule has 0 radical (unpaired) electrons. The lowest BCUT2D eigenvalue weighted by Gasteiger charge is -2.10. The second-order valence-electron chi connectivity index (χ2n) is 4.62. The van der Waals surface area contributed by atoms with Gasteiger partial charge in [0.05, 0.1) is 4.88 Å². The molecule has 3 rings (SSSR count). The maximum atomic E-state index is 12.8. The van der Waals surface area contributed by atoms with Crippen LogP contribution in [0.3, 0.4) is 0 Å². The van der Waals surface area contributed by atoms with Gasteiger partial charge >= 0.3 is 5.43 Å². The van der Waals surface area contributed by atoms with Crippen molar-refractivity contribution in [3.63, 3.8) is 0 Å². The summed E-state index contributed by atoms with van der Waals surface area (Å²) in [6.45, 7) is -0.0166. The molecule has 0 saturated carbocycles. The Morgan fingerprint density at radius 3 is 2.45 bits per heavy atom. The zero-order valence-corrected chi connectivity index (χ0v) is 13.0. The van der Waals surface area contributed by atoms with Gasteiger partial charge in [-0.15, -0.1) is 11.3 Å². The summed E-state index contributed by atoms with van der Waals surface area (Å²) >= 11 is 6.68. The second-order valence-corrected chi connectivity index (χ2v) is 6.06. The number of rotatable bonds is 3. The van der Waals surface area contributed by atoms with Crippen LogP contribution in [0.2, 0.25) is 0 Å². The van der Waals surface area contributed by atoms with Crippen LogP contribution in [0, 0.1) is 0 Å². The topological polar surface area (TPSA) is 43.4 Å². The number of carbonyl (C=O) groups excluding carboxylic acids is 1. The maximum Gasteiger partial charge on any atom is 0.404 e. The van der Waals surface area contributed by atoms with Gasteiger partial charge in [0.15, 0.2) is 5.43 Å². The van der Waals surface area contributed by atoms with Crippen molar-refractivity contribution in [3.8, 4) is 11.1 Å². The number of hydrogen-bond donors (Lipinski definition) is 0. The Labute approximate surface area is 135 Å². The molecule has 110 valence electrons. The SMILES string of the molecule is O=C(Cl)OCc1sc2ccccc2c(=O)c1-c1ccccc1. The Bertz CT molecular complexity index is 887. The third-order valence-corrected chi connectivity index (χ3v) is 4.50. The minimum atomic E-state index is -0.883. The average Bonchev–Trinajstić information content (AvgIpc) is 2.54. The minimum absolute atomic E-state index is 0.0166. The van der Waals surface area contributed by atoms with Crippen LogP contribution in [0.15, 0.2) is 59.4 Å². The summed E-state index contributed by atoms with van der Waals surface area (Å²) in [5, 5.41) is 0.660. The van der Waals surface area contributed by atoms with Crippen molar-refractivity contribution >= 4 is 38.5 Å². The fourth-order valence-electron chi connectivity index (χ4n) is 2.31. The molecule has 0 fully saturated rings. The van der Waals surface area contributed by atoms with Crippen LogP contribution in [0.1, 0.15) is 4.88 Å². The predicted octanol–water partition coefficient (Wildman–Crippen LogP) is 4.80. The van der Waals surface area contributed by atoms with E-state index < -0.39 is 5.43 Å². The van der Waals surface area contributed by atoms with E-state index in [9.17, 15) is 9.59 Å². The summed E-state index contributed by atoms with van der Waals surface area (Å²) in [6.07, 6.45) is 0. The van der Waals surface area contributed by atoms with Crippen LogP contribution >= 0.6 is 22.9 Å². The molecule has 5 heteroatoms. The number of ether oxygens (including phenoxy) is 1. The molecule has 2 aromatic carbocycles. The lowest BCUT2D eigenvalue weighted by Crippen LogP contribution is -2.09. The van der Waals surface area contributed by atoms with Gasteiger partial charge in [0.2, 0.25) is 0 Å². The van der Waals surface area contributed by atoms with Crippen molar-refractivity contribution in [2.75, 3.05) is 0 Å². The Morgan fingerprint density at radius 2 is 1.73 bits per heavy atom. The van der Waals surface area contributed by atoms with Crippen molar-refractivity contribution in [2.24, 2.45) is 0 Å². The molecule has 0 N–H and O–H groups in total. The van der Waals surface area contributed by atoms with Crippen molar-refractivity contribution < 1.29 is 9.53 Å². The van der Waals surface area contributed by atoms with Crippen LogP contribution in [-0.2, 0) is 11.3 Å². The maximum absolute atomic E-state index is 12.8. The van der Waals surface area contributed by atoms with Crippen LogP contribution in [0.4, 0.5) is 4.79 Å². The zero-order valence-electron chi connectivity index (χ0n) is 11.4. The van der Waals surface area contributed by atoms with Crippen molar-refractivity contribution in [3.05, 3.63) is 69.7 Å². The number of hydrogen-bond acceptors (Lipinski definition) is 4. The predicted molar refractivity (Wildman–Crippen MR) is 89.6 cm³/mol. The molecule has 0 aliphatic rings. The van der Waals surface area contributed by atoms with E-state index in [0.29, 0.717) is 15.8 Å². The number of carbonyl (C=O) groups is 1. The molecule has 0 spiro atoms. The Hall–Kier alpha value is -2.17. The average molecular weight is 331 g/mol. The summed E-state index contributed by atoms with van der Waals surface area (Å²) in [5.74, 6) is 0. The molecule has 0 amide bonds. The lowest BCUT2D eigenvalue weighted by atomic mass is 10.0. The number of benzene rings is 2. The Balaban J connectivity index is 2.26. The second kappa shape index (κ2) is 6.30. The van der Waals surface area contributed by atoms with E-state index in [0.717, 1.165) is 10.3 Å². The molecule has 1 aromatic heterocycles. The lowest BCUT2D eigenvalue weighted by molar-refractivity contribution is 0.168. The Morgan fingerprint density at radius 1 is 1.05 bits per heavy atom. The number of halogens is 1. The molecule has 0 unspecified atom stereocenters. The molecule has 3 aromatic rings. The first kappa shape index (κ1) is 14.8. The molecule has 0 saturated heterocycles. The van der Waals surface area contributed by atoms with E-state index in [-0.39, 0.29) is 12.0 Å². The van der Waals surface area contributed by atoms with Crippen molar-refractivity contribution in [1.29, 1.82) is 0 Å². The molecule has 0 bridgehead atoms. The van der Waals surface area contributed by atoms with E-state index in [1.165, 1.54) is 11.3 Å². The van der Waals surface area contributed by atoms with Gasteiger partial charge in [0.1, 0.15) is 6.61 Å². The molecule has 0 aliphatic carbocycles. The van der Waals surface area contributed by atoms with Gasteiger partial charge in [-0.1, -0.05) is 42.5 Å². The largest absolute Gasteiger partial charge is 0.448 e.